The number of nitrogens with one attached hydrogen (secondary N) is 2. The maximum Gasteiger partial charge on any atom is 0.311 e. The second kappa shape index (κ2) is 5.50. The Hall–Kier alpha value is -1.37. The molecule has 0 spiro atoms. The third kappa shape index (κ3) is 3.35. The number of hydrogen-bond acceptors (Lipinski definition) is 3. The van der Waals surface area contributed by atoms with Crippen LogP contribution >= 0.6 is 15.9 Å². The molecule has 0 saturated carbocycles. The van der Waals surface area contributed by atoms with Gasteiger partial charge in [-0.1, -0.05) is 15.9 Å². The van der Waals surface area contributed by atoms with Crippen molar-refractivity contribution in [2.24, 2.45) is 0 Å². The number of carbonyl (C=O) groups is 1. The Labute approximate surface area is 94.3 Å². The molecule has 6 nitrogen and oxygen atoms in total. The number of H-pyrrole nitrogens is 1. The molecule has 15 heavy (non-hydrogen) atoms. The Morgan fingerprint density at radius 1 is 1.67 bits per heavy atom. The van der Waals surface area contributed by atoms with E-state index in [-0.39, 0.29) is 17.4 Å². The summed E-state index contributed by atoms with van der Waals surface area (Å²) in [6, 6.07) is 1.31. The molecule has 1 heterocycles. The van der Waals surface area contributed by atoms with Gasteiger partial charge in [0.2, 0.25) is 5.91 Å². The quantitative estimate of drug-likeness (QED) is 0.490. The molecule has 0 aliphatic heterocycles. The predicted octanol–water partition coefficient (Wildman–Crippen LogP) is 2.04. The zero-order valence-corrected chi connectivity index (χ0v) is 9.41. The summed E-state index contributed by atoms with van der Waals surface area (Å²) in [7, 11) is 0. The summed E-state index contributed by atoms with van der Waals surface area (Å²) in [5, 5.41) is 13.7. The molecule has 0 aliphatic carbocycles. The van der Waals surface area contributed by atoms with Gasteiger partial charge in [0.15, 0.2) is 5.82 Å². The van der Waals surface area contributed by atoms with Crippen LogP contribution < -0.4 is 5.32 Å². The number of rotatable bonds is 5. The number of nitrogens with zero attached hydrogens (tertiary/aromatic N) is 1. The Bertz CT molecular complexity index is 364. The summed E-state index contributed by atoms with van der Waals surface area (Å²) in [5.41, 5.74) is -0.123. The number of hydrogen-bond donors (Lipinski definition) is 2. The van der Waals surface area contributed by atoms with E-state index in [0.717, 1.165) is 5.33 Å². The van der Waals surface area contributed by atoms with Crippen LogP contribution in [-0.4, -0.2) is 21.1 Å². The molecule has 1 aromatic heterocycles. The first kappa shape index (κ1) is 11.7. The minimum absolute atomic E-state index is 0.123. The molecule has 7 heteroatoms. The van der Waals surface area contributed by atoms with Crippen molar-refractivity contribution in [2.45, 2.75) is 12.8 Å². The van der Waals surface area contributed by atoms with Crippen LogP contribution in [0.25, 0.3) is 0 Å². The van der Waals surface area contributed by atoms with Gasteiger partial charge in [-0.05, 0) is 6.42 Å². The number of amides is 1. The number of aromatic nitrogens is 1. The highest BCUT2D eigenvalue weighted by Gasteiger charge is 2.16. The number of halogens is 1. The van der Waals surface area contributed by atoms with Gasteiger partial charge in [0.1, 0.15) is 0 Å². The highest BCUT2D eigenvalue weighted by molar-refractivity contribution is 9.09. The van der Waals surface area contributed by atoms with Crippen molar-refractivity contribution in [1.29, 1.82) is 0 Å². The van der Waals surface area contributed by atoms with E-state index in [4.69, 9.17) is 0 Å². The molecule has 2 N–H and O–H groups in total. The van der Waals surface area contributed by atoms with Crippen LogP contribution in [0.3, 0.4) is 0 Å². The van der Waals surface area contributed by atoms with E-state index >= 15 is 0 Å². The zero-order valence-electron chi connectivity index (χ0n) is 7.83. The number of nitro groups is 1. The minimum atomic E-state index is -0.545. The monoisotopic (exact) mass is 275 g/mol. The van der Waals surface area contributed by atoms with Crippen LogP contribution in [0.1, 0.15) is 12.8 Å². The van der Waals surface area contributed by atoms with Crippen LogP contribution in [0.2, 0.25) is 0 Å². The Balaban J connectivity index is 2.60. The number of aromatic amines is 1. The summed E-state index contributed by atoms with van der Waals surface area (Å²) >= 11 is 3.20. The smallest absolute Gasteiger partial charge is 0.311 e. The van der Waals surface area contributed by atoms with E-state index < -0.39 is 4.92 Å². The van der Waals surface area contributed by atoms with Crippen molar-refractivity contribution < 1.29 is 9.72 Å². The van der Waals surface area contributed by atoms with Crippen LogP contribution in [0.15, 0.2) is 12.3 Å². The minimum Gasteiger partial charge on any atom is -0.342 e. The fourth-order valence-electron chi connectivity index (χ4n) is 1.04. The Kier molecular flexibility index (Phi) is 4.29. The fourth-order valence-corrected chi connectivity index (χ4v) is 1.32. The number of carbonyl (C=O) groups excluding carboxylic acids is 1. The number of anilines is 1. The van der Waals surface area contributed by atoms with Gasteiger partial charge < -0.3 is 10.3 Å². The van der Waals surface area contributed by atoms with Gasteiger partial charge in [0, 0.05) is 24.0 Å². The topological polar surface area (TPSA) is 88.0 Å². The molecule has 1 rings (SSSR count). The first-order valence-corrected chi connectivity index (χ1v) is 5.45. The second-order valence-corrected chi connectivity index (χ2v) is 3.63. The van der Waals surface area contributed by atoms with E-state index in [1.807, 2.05) is 0 Å². The summed E-state index contributed by atoms with van der Waals surface area (Å²) in [6.07, 6.45) is 2.44. The standard InChI is InChI=1S/C8H10BrN3O3/c9-4-1-2-7(13)11-8-6(12(14)15)3-5-10-8/h3,5,10H,1-2,4H2,(H,11,13). The lowest BCUT2D eigenvalue weighted by atomic mass is 10.3. The van der Waals surface area contributed by atoms with Gasteiger partial charge in [0.05, 0.1) is 4.92 Å². The summed E-state index contributed by atoms with van der Waals surface area (Å²) in [4.78, 5) is 23.8. The van der Waals surface area contributed by atoms with Crippen molar-refractivity contribution >= 4 is 33.3 Å². The fraction of sp³-hybridized carbons (Fsp3) is 0.375. The molecule has 0 aromatic carbocycles. The molecular formula is C8H10BrN3O3. The summed E-state index contributed by atoms with van der Waals surface area (Å²) in [6.45, 7) is 0. The average Bonchev–Trinajstić information content (AvgIpc) is 2.62. The lowest BCUT2D eigenvalue weighted by Crippen LogP contribution is -2.12. The van der Waals surface area contributed by atoms with Crippen LogP contribution in [-0.2, 0) is 4.79 Å². The molecule has 0 unspecified atom stereocenters. The second-order valence-electron chi connectivity index (χ2n) is 2.84. The van der Waals surface area contributed by atoms with Crippen molar-refractivity contribution in [1.82, 2.24) is 4.98 Å². The molecule has 0 bridgehead atoms. The largest absolute Gasteiger partial charge is 0.342 e. The van der Waals surface area contributed by atoms with Crippen molar-refractivity contribution in [2.75, 3.05) is 10.6 Å². The molecule has 0 radical (unpaired) electrons. The van der Waals surface area contributed by atoms with Gasteiger partial charge in [-0.2, -0.15) is 0 Å². The van der Waals surface area contributed by atoms with E-state index in [9.17, 15) is 14.9 Å². The van der Waals surface area contributed by atoms with E-state index in [2.05, 4.69) is 26.2 Å². The Morgan fingerprint density at radius 3 is 3.00 bits per heavy atom. The van der Waals surface area contributed by atoms with Gasteiger partial charge in [-0.15, -0.1) is 0 Å². The molecule has 0 atom stereocenters. The maximum atomic E-state index is 11.3. The zero-order chi connectivity index (χ0) is 11.3. The van der Waals surface area contributed by atoms with E-state index in [0.29, 0.717) is 12.8 Å². The summed E-state index contributed by atoms with van der Waals surface area (Å²) in [5.74, 6) is -0.0976. The first-order chi connectivity index (χ1) is 7.15. The van der Waals surface area contributed by atoms with E-state index in [1.54, 1.807) is 0 Å². The third-order valence-electron chi connectivity index (χ3n) is 1.72. The van der Waals surface area contributed by atoms with Gasteiger partial charge >= 0.3 is 5.69 Å². The van der Waals surface area contributed by atoms with E-state index in [1.165, 1.54) is 12.3 Å². The highest BCUT2D eigenvalue weighted by Crippen LogP contribution is 2.21. The molecule has 1 aromatic rings. The Morgan fingerprint density at radius 2 is 2.40 bits per heavy atom. The van der Waals surface area contributed by atoms with Gasteiger partial charge in [-0.25, -0.2) is 0 Å². The van der Waals surface area contributed by atoms with Gasteiger partial charge in [-0.3, -0.25) is 14.9 Å². The predicted molar refractivity (Wildman–Crippen MR) is 59.1 cm³/mol. The van der Waals surface area contributed by atoms with Crippen LogP contribution in [0, 0.1) is 10.1 Å². The SMILES string of the molecule is O=C(CCCBr)Nc1[nH]ccc1[N+](=O)[O-]. The first-order valence-electron chi connectivity index (χ1n) is 4.32. The van der Waals surface area contributed by atoms with Crippen molar-refractivity contribution in [3.63, 3.8) is 0 Å². The normalized spacial score (nSPS) is 9.93. The highest BCUT2D eigenvalue weighted by atomic mass is 79.9. The average molecular weight is 276 g/mol. The lowest BCUT2D eigenvalue weighted by molar-refractivity contribution is -0.383. The molecule has 0 aliphatic rings. The van der Waals surface area contributed by atoms with Crippen molar-refractivity contribution in [3.8, 4) is 0 Å². The summed E-state index contributed by atoms with van der Waals surface area (Å²) < 4.78 is 0. The van der Waals surface area contributed by atoms with Crippen LogP contribution in [0.4, 0.5) is 11.5 Å². The molecule has 0 fully saturated rings. The van der Waals surface area contributed by atoms with Crippen LogP contribution in [0.5, 0.6) is 0 Å². The lowest BCUT2D eigenvalue weighted by Gasteiger charge is -2.01. The molecule has 1 amide bonds. The third-order valence-corrected chi connectivity index (χ3v) is 2.28. The molecule has 82 valence electrons. The molecule has 0 saturated heterocycles. The number of alkyl halides is 1. The maximum absolute atomic E-state index is 11.3. The van der Waals surface area contributed by atoms with Crippen molar-refractivity contribution in [3.05, 3.63) is 22.4 Å². The van der Waals surface area contributed by atoms with Gasteiger partial charge in [0.25, 0.3) is 0 Å². The molecular weight excluding hydrogens is 266 g/mol.